The van der Waals surface area contributed by atoms with Gasteiger partial charge in [-0.3, -0.25) is 0 Å². The molecule has 1 aromatic carbocycles. The van der Waals surface area contributed by atoms with Crippen molar-refractivity contribution in [2.24, 2.45) is 17.6 Å². The molecule has 0 amide bonds. The van der Waals surface area contributed by atoms with E-state index in [-0.39, 0.29) is 12.1 Å². The van der Waals surface area contributed by atoms with Crippen LogP contribution >= 0.6 is 0 Å². The smallest absolute Gasteiger partial charge is 0.240 e. The van der Waals surface area contributed by atoms with Crippen molar-refractivity contribution in [2.75, 3.05) is 0 Å². The molecule has 0 aliphatic heterocycles. The first-order chi connectivity index (χ1) is 9.78. The Bertz CT molecular complexity index is 556. The van der Waals surface area contributed by atoms with Crippen LogP contribution in [0.5, 0.6) is 0 Å². The minimum Gasteiger partial charge on any atom is -0.324 e. The Morgan fingerprint density at radius 1 is 1.10 bits per heavy atom. The van der Waals surface area contributed by atoms with Gasteiger partial charge in [-0.15, -0.1) is 0 Å². The van der Waals surface area contributed by atoms with Crippen molar-refractivity contribution < 1.29 is 8.42 Å². The molecule has 1 fully saturated rings. The number of nitrogens with one attached hydrogen (secondary N) is 1. The molecule has 0 radical (unpaired) electrons. The molecule has 1 saturated carbocycles. The van der Waals surface area contributed by atoms with E-state index in [0.29, 0.717) is 16.7 Å². The second-order valence-corrected chi connectivity index (χ2v) is 8.31. The molecule has 3 unspecified atom stereocenters. The molecule has 1 aromatic rings. The van der Waals surface area contributed by atoms with Gasteiger partial charge in [-0.1, -0.05) is 26.0 Å². The summed E-state index contributed by atoms with van der Waals surface area (Å²) in [5.74, 6) is 1.14. The summed E-state index contributed by atoms with van der Waals surface area (Å²) in [6.45, 7) is 6.26. The number of nitrogens with two attached hydrogens (primary N) is 1. The van der Waals surface area contributed by atoms with E-state index in [9.17, 15) is 8.42 Å². The Morgan fingerprint density at radius 3 is 2.10 bits per heavy atom. The lowest BCUT2D eigenvalue weighted by Gasteiger charge is -2.31. The van der Waals surface area contributed by atoms with E-state index >= 15 is 0 Å². The molecule has 0 saturated heterocycles. The van der Waals surface area contributed by atoms with Gasteiger partial charge in [0.05, 0.1) is 4.90 Å². The van der Waals surface area contributed by atoms with E-state index in [2.05, 4.69) is 18.6 Å². The summed E-state index contributed by atoms with van der Waals surface area (Å²) in [5.41, 5.74) is 6.73. The third-order valence-electron chi connectivity index (χ3n) is 4.22. The highest BCUT2D eigenvalue weighted by atomic mass is 32.2. The van der Waals surface area contributed by atoms with Crippen molar-refractivity contribution in [3.05, 3.63) is 29.8 Å². The number of benzene rings is 1. The van der Waals surface area contributed by atoms with Crippen LogP contribution in [0.15, 0.2) is 29.2 Å². The third kappa shape index (κ3) is 4.28. The molecule has 21 heavy (non-hydrogen) atoms. The molecule has 0 spiro atoms. The molecule has 4 nitrogen and oxygen atoms in total. The average Bonchev–Trinajstić information content (AvgIpc) is 2.37. The van der Waals surface area contributed by atoms with E-state index in [1.54, 1.807) is 24.3 Å². The summed E-state index contributed by atoms with van der Waals surface area (Å²) < 4.78 is 27.8. The van der Waals surface area contributed by atoms with Crippen LogP contribution in [0.4, 0.5) is 0 Å². The van der Waals surface area contributed by atoms with Crippen LogP contribution in [-0.2, 0) is 10.0 Å². The van der Waals surface area contributed by atoms with E-state index < -0.39 is 10.0 Å². The Morgan fingerprint density at radius 2 is 1.62 bits per heavy atom. The molecule has 1 aliphatic carbocycles. The van der Waals surface area contributed by atoms with E-state index in [0.717, 1.165) is 18.4 Å². The van der Waals surface area contributed by atoms with Gasteiger partial charge >= 0.3 is 0 Å². The van der Waals surface area contributed by atoms with Crippen LogP contribution in [0.3, 0.4) is 0 Å². The lowest BCUT2D eigenvalue weighted by Crippen LogP contribution is -2.39. The summed E-state index contributed by atoms with van der Waals surface area (Å²) in [4.78, 5) is 0.317. The van der Waals surface area contributed by atoms with Crippen LogP contribution < -0.4 is 10.5 Å². The molecule has 2 rings (SSSR count). The molecule has 3 atom stereocenters. The van der Waals surface area contributed by atoms with Gasteiger partial charge in [-0.2, -0.15) is 0 Å². The van der Waals surface area contributed by atoms with Crippen LogP contribution in [-0.4, -0.2) is 14.5 Å². The van der Waals surface area contributed by atoms with Gasteiger partial charge in [0.25, 0.3) is 0 Å². The molecule has 1 aliphatic rings. The quantitative estimate of drug-likeness (QED) is 0.898. The maximum Gasteiger partial charge on any atom is 0.240 e. The summed E-state index contributed by atoms with van der Waals surface area (Å²) in [7, 11) is -3.44. The molecular formula is C16H26N2O2S. The standard InChI is InChI=1S/C16H26N2O2S/c1-11-8-12(2)10-15(9-11)18-21(19,20)16-6-4-14(5-7-16)13(3)17/h4-7,11-13,15,18H,8-10,17H2,1-3H3. The monoisotopic (exact) mass is 310 g/mol. The van der Waals surface area contributed by atoms with E-state index in [1.807, 2.05) is 6.92 Å². The van der Waals surface area contributed by atoms with Crippen LogP contribution in [0.25, 0.3) is 0 Å². The van der Waals surface area contributed by atoms with Crippen molar-refractivity contribution in [2.45, 2.75) is 57.0 Å². The van der Waals surface area contributed by atoms with Gasteiger partial charge in [0.2, 0.25) is 10.0 Å². The fourth-order valence-corrected chi connectivity index (χ4v) is 4.54. The van der Waals surface area contributed by atoms with Gasteiger partial charge in [-0.05, 0) is 55.7 Å². The highest BCUT2D eigenvalue weighted by Gasteiger charge is 2.27. The maximum atomic E-state index is 12.5. The average molecular weight is 310 g/mol. The van der Waals surface area contributed by atoms with Crippen LogP contribution in [0.1, 0.15) is 51.6 Å². The molecule has 5 heteroatoms. The minimum atomic E-state index is -3.44. The van der Waals surface area contributed by atoms with Crippen molar-refractivity contribution in [1.29, 1.82) is 0 Å². The highest BCUT2D eigenvalue weighted by Crippen LogP contribution is 2.29. The van der Waals surface area contributed by atoms with E-state index in [4.69, 9.17) is 5.73 Å². The first-order valence-corrected chi connectivity index (χ1v) is 9.14. The topological polar surface area (TPSA) is 72.2 Å². The fourth-order valence-electron chi connectivity index (χ4n) is 3.28. The second-order valence-electron chi connectivity index (χ2n) is 6.59. The maximum absolute atomic E-state index is 12.5. The molecular weight excluding hydrogens is 284 g/mol. The van der Waals surface area contributed by atoms with Crippen molar-refractivity contribution in [3.63, 3.8) is 0 Å². The first kappa shape index (κ1) is 16.5. The molecule has 0 bridgehead atoms. The highest BCUT2D eigenvalue weighted by molar-refractivity contribution is 7.89. The molecule has 118 valence electrons. The summed E-state index contributed by atoms with van der Waals surface area (Å²) >= 11 is 0. The van der Waals surface area contributed by atoms with Crippen molar-refractivity contribution in [3.8, 4) is 0 Å². The van der Waals surface area contributed by atoms with Crippen LogP contribution in [0, 0.1) is 11.8 Å². The molecule has 0 aromatic heterocycles. The normalized spacial score (nSPS) is 28.3. The number of sulfonamides is 1. The molecule has 3 N–H and O–H groups in total. The Hall–Kier alpha value is -0.910. The summed E-state index contributed by atoms with van der Waals surface area (Å²) in [5, 5.41) is 0. The number of hydrogen-bond acceptors (Lipinski definition) is 3. The fraction of sp³-hybridized carbons (Fsp3) is 0.625. The lowest BCUT2D eigenvalue weighted by atomic mass is 9.81. The van der Waals surface area contributed by atoms with E-state index in [1.165, 1.54) is 6.42 Å². The van der Waals surface area contributed by atoms with Gasteiger partial charge in [-0.25, -0.2) is 13.1 Å². The van der Waals surface area contributed by atoms with Gasteiger partial charge in [0, 0.05) is 12.1 Å². The van der Waals surface area contributed by atoms with Crippen molar-refractivity contribution >= 4 is 10.0 Å². The zero-order valence-corrected chi connectivity index (χ0v) is 13.9. The zero-order chi connectivity index (χ0) is 15.6. The van der Waals surface area contributed by atoms with Gasteiger partial charge < -0.3 is 5.73 Å². The third-order valence-corrected chi connectivity index (χ3v) is 5.75. The predicted octanol–water partition coefficient (Wildman–Crippen LogP) is 2.81. The predicted molar refractivity (Wildman–Crippen MR) is 85.3 cm³/mol. The Balaban J connectivity index is 2.10. The lowest BCUT2D eigenvalue weighted by molar-refractivity contribution is 0.257. The zero-order valence-electron chi connectivity index (χ0n) is 13.0. The number of rotatable bonds is 4. The SMILES string of the molecule is CC1CC(C)CC(NS(=O)(=O)c2ccc(C(C)N)cc2)C1. The van der Waals surface area contributed by atoms with Crippen molar-refractivity contribution in [1.82, 2.24) is 4.72 Å². The number of hydrogen-bond donors (Lipinski definition) is 2. The second kappa shape index (κ2) is 6.46. The summed E-state index contributed by atoms with van der Waals surface area (Å²) in [6.07, 6.45) is 3.02. The van der Waals surface area contributed by atoms with Gasteiger partial charge in [0.15, 0.2) is 0 Å². The Labute approximate surface area is 128 Å². The van der Waals surface area contributed by atoms with Crippen LogP contribution in [0.2, 0.25) is 0 Å². The van der Waals surface area contributed by atoms with Gasteiger partial charge in [0.1, 0.15) is 0 Å². The largest absolute Gasteiger partial charge is 0.324 e. The first-order valence-electron chi connectivity index (χ1n) is 7.66. The Kier molecular flexibility index (Phi) is 5.07. The minimum absolute atomic E-state index is 0.0434. The summed E-state index contributed by atoms with van der Waals surface area (Å²) in [6, 6.07) is 6.79. The molecule has 0 heterocycles.